The first-order valence-corrected chi connectivity index (χ1v) is 4.06. The molecule has 0 unspecified atom stereocenters. The lowest BCUT2D eigenvalue weighted by molar-refractivity contribution is -0.112. The second kappa shape index (κ2) is 2.66. The molecule has 12 heavy (non-hydrogen) atoms. The molecule has 0 radical (unpaired) electrons. The highest BCUT2D eigenvalue weighted by Gasteiger charge is 2.42. The van der Waals surface area contributed by atoms with Gasteiger partial charge < -0.3 is 4.79 Å². The Labute approximate surface area is 70.9 Å². The number of rotatable bonds is 3. The first-order chi connectivity index (χ1) is 5.85. The van der Waals surface area contributed by atoms with Crippen molar-refractivity contribution >= 4 is 6.29 Å². The summed E-state index contributed by atoms with van der Waals surface area (Å²) in [5.74, 6) is 0. The monoisotopic (exact) mass is 162 g/mol. The highest BCUT2D eigenvalue weighted by atomic mass is 16.1. The molecule has 62 valence electrons. The quantitative estimate of drug-likeness (QED) is 0.622. The van der Waals surface area contributed by atoms with Gasteiger partial charge in [0.05, 0.1) is 5.69 Å². The summed E-state index contributed by atoms with van der Waals surface area (Å²) in [6.45, 7) is 0. The minimum atomic E-state index is -0.0873. The number of carbonyl (C=O) groups excluding carboxylic acids is 1. The standard InChI is InChI=1S/C9H10N2O/c12-7-9(1-2-9)5-8-6-10-3-4-11-8/h3-4,6-7H,1-2,5H2. The molecular weight excluding hydrogens is 152 g/mol. The predicted octanol–water partition coefficient (Wildman–Crippen LogP) is 0.998. The van der Waals surface area contributed by atoms with E-state index in [0.29, 0.717) is 0 Å². The van der Waals surface area contributed by atoms with Gasteiger partial charge in [0.1, 0.15) is 6.29 Å². The molecule has 0 N–H and O–H groups in total. The Balaban J connectivity index is 2.09. The Kier molecular flexibility index (Phi) is 1.64. The number of aldehydes is 1. The normalized spacial score (nSPS) is 18.7. The molecule has 1 aromatic heterocycles. The molecule has 0 aromatic carbocycles. The number of hydrogen-bond acceptors (Lipinski definition) is 3. The molecule has 0 saturated heterocycles. The minimum Gasteiger partial charge on any atom is -0.303 e. The minimum absolute atomic E-state index is 0.0873. The lowest BCUT2D eigenvalue weighted by Crippen LogP contribution is -2.07. The fourth-order valence-electron chi connectivity index (χ4n) is 1.28. The maximum atomic E-state index is 10.6. The van der Waals surface area contributed by atoms with E-state index in [1.54, 1.807) is 18.6 Å². The van der Waals surface area contributed by atoms with Crippen LogP contribution >= 0.6 is 0 Å². The van der Waals surface area contributed by atoms with E-state index in [2.05, 4.69) is 9.97 Å². The predicted molar refractivity (Wildman–Crippen MR) is 43.5 cm³/mol. The Morgan fingerprint density at radius 3 is 2.83 bits per heavy atom. The summed E-state index contributed by atoms with van der Waals surface area (Å²) < 4.78 is 0. The third-order valence-corrected chi connectivity index (χ3v) is 2.29. The summed E-state index contributed by atoms with van der Waals surface area (Å²) in [4.78, 5) is 18.7. The average molecular weight is 162 g/mol. The highest BCUT2D eigenvalue weighted by Crippen LogP contribution is 2.45. The highest BCUT2D eigenvalue weighted by molar-refractivity contribution is 5.63. The molecule has 3 heteroatoms. The van der Waals surface area contributed by atoms with E-state index in [9.17, 15) is 4.79 Å². The van der Waals surface area contributed by atoms with Gasteiger partial charge in [-0.3, -0.25) is 9.97 Å². The summed E-state index contributed by atoms with van der Waals surface area (Å²) in [5, 5.41) is 0. The fourth-order valence-corrected chi connectivity index (χ4v) is 1.28. The van der Waals surface area contributed by atoms with Crippen molar-refractivity contribution in [3.8, 4) is 0 Å². The van der Waals surface area contributed by atoms with Gasteiger partial charge in [-0.15, -0.1) is 0 Å². The zero-order chi connectivity index (χ0) is 8.44. The lowest BCUT2D eigenvalue weighted by atomic mass is 10.0. The lowest BCUT2D eigenvalue weighted by Gasteiger charge is -2.03. The van der Waals surface area contributed by atoms with E-state index < -0.39 is 0 Å². The number of hydrogen-bond donors (Lipinski definition) is 0. The van der Waals surface area contributed by atoms with Crippen LogP contribution in [0.4, 0.5) is 0 Å². The van der Waals surface area contributed by atoms with E-state index in [1.165, 1.54) is 0 Å². The van der Waals surface area contributed by atoms with Crippen LogP contribution in [0.15, 0.2) is 18.6 Å². The molecule has 1 heterocycles. The molecule has 0 aliphatic heterocycles. The van der Waals surface area contributed by atoms with Crippen molar-refractivity contribution in [3.05, 3.63) is 24.3 Å². The van der Waals surface area contributed by atoms with Crippen LogP contribution in [0.5, 0.6) is 0 Å². The Morgan fingerprint density at radius 1 is 1.50 bits per heavy atom. The molecule has 0 atom stereocenters. The van der Waals surface area contributed by atoms with Gasteiger partial charge in [0.25, 0.3) is 0 Å². The van der Waals surface area contributed by atoms with Crippen LogP contribution in [0, 0.1) is 5.41 Å². The average Bonchev–Trinajstić information content (AvgIpc) is 2.88. The second-order valence-corrected chi connectivity index (χ2v) is 3.35. The van der Waals surface area contributed by atoms with Crippen molar-refractivity contribution in [2.45, 2.75) is 19.3 Å². The molecule has 0 bridgehead atoms. The Hall–Kier alpha value is -1.25. The van der Waals surface area contributed by atoms with E-state index in [1.807, 2.05) is 0 Å². The van der Waals surface area contributed by atoms with Crippen molar-refractivity contribution < 1.29 is 4.79 Å². The molecule has 1 saturated carbocycles. The second-order valence-electron chi connectivity index (χ2n) is 3.35. The number of carbonyl (C=O) groups is 1. The SMILES string of the molecule is O=CC1(Cc2cnccn2)CC1. The maximum absolute atomic E-state index is 10.6. The largest absolute Gasteiger partial charge is 0.303 e. The van der Waals surface area contributed by atoms with Crippen molar-refractivity contribution in [1.82, 2.24) is 9.97 Å². The zero-order valence-electron chi connectivity index (χ0n) is 6.73. The fraction of sp³-hybridized carbons (Fsp3) is 0.444. The molecule has 3 nitrogen and oxygen atoms in total. The van der Waals surface area contributed by atoms with Crippen LogP contribution in [0.3, 0.4) is 0 Å². The molecule has 1 fully saturated rings. The van der Waals surface area contributed by atoms with Gasteiger partial charge in [0.15, 0.2) is 0 Å². The Bertz CT molecular complexity index is 280. The number of nitrogens with zero attached hydrogens (tertiary/aromatic N) is 2. The Morgan fingerprint density at radius 2 is 2.33 bits per heavy atom. The van der Waals surface area contributed by atoms with Crippen LogP contribution in [0.1, 0.15) is 18.5 Å². The van der Waals surface area contributed by atoms with Crippen molar-refractivity contribution in [2.24, 2.45) is 5.41 Å². The molecule has 1 aromatic rings. The molecule has 1 aliphatic rings. The molecule has 0 spiro atoms. The summed E-state index contributed by atoms with van der Waals surface area (Å²) in [7, 11) is 0. The smallest absolute Gasteiger partial charge is 0.126 e. The van der Waals surface area contributed by atoms with Crippen molar-refractivity contribution in [1.29, 1.82) is 0 Å². The summed E-state index contributed by atoms with van der Waals surface area (Å²) >= 11 is 0. The van der Waals surface area contributed by atoms with Gasteiger partial charge in [-0.2, -0.15) is 0 Å². The molecule has 2 rings (SSSR count). The van der Waals surface area contributed by atoms with E-state index in [-0.39, 0.29) is 5.41 Å². The topological polar surface area (TPSA) is 42.9 Å². The number of aromatic nitrogens is 2. The van der Waals surface area contributed by atoms with Gasteiger partial charge in [-0.05, 0) is 12.8 Å². The van der Waals surface area contributed by atoms with E-state index in [4.69, 9.17) is 0 Å². The van der Waals surface area contributed by atoms with Crippen LogP contribution in [-0.2, 0) is 11.2 Å². The third kappa shape index (κ3) is 1.35. The first-order valence-electron chi connectivity index (χ1n) is 4.06. The zero-order valence-corrected chi connectivity index (χ0v) is 6.73. The van der Waals surface area contributed by atoms with Crippen molar-refractivity contribution in [3.63, 3.8) is 0 Å². The van der Waals surface area contributed by atoms with Crippen molar-refractivity contribution in [2.75, 3.05) is 0 Å². The van der Waals surface area contributed by atoms with Gasteiger partial charge in [0, 0.05) is 30.4 Å². The van der Waals surface area contributed by atoms with Gasteiger partial charge >= 0.3 is 0 Å². The van der Waals surface area contributed by atoms with Crippen LogP contribution in [-0.4, -0.2) is 16.3 Å². The molecular formula is C9H10N2O. The third-order valence-electron chi connectivity index (χ3n) is 2.29. The summed E-state index contributed by atoms with van der Waals surface area (Å²) in [5.41, 5.74) is 0.831. The van der Waals surface area contributed by atoms with E-state index in [0.717, 1.165) is 31.2 Å². The summed E-state index contributed by atoms with van der Waals surface area (Å²) in [6, 6.07) is 0. The van der Waals surface area contributed by atoms with Gasteiger partial charge in [-0.1, -0.05) is 0 Å². The van der Waals surface area contributed by atoms with Crippen LogP contribution in [0.25, 0.3) is 0 Å². The first kappa shape index (κ1) is 7.40. The maximum Gasteiger partial charge on any atom is 0.126 e. The van der Waals surface area contributed by atoms with Gasteiger partial charge in [-0.25, -0.2) is 0 Å². The molecule has 0 amide bonds. The molecule has 1 aliphatic carbocycles. The summed E-state index contributed by atoms with van der Waals surface area (Å²) in [6.07, 6.45) is 8.86. The van der Waals surface area contributed by atoms with Crippen LogP contribution < -0.4 is 0 Å². The van der Waals surface area contributed by atoms with Crippen LogP contribution in [0.2, 0.25) is 0 Å². The van der Waals surface area contributed by atoms with E-state index >= 15 is 0 Å². The van der Waals surface area contributed by atoms with Gasteiger partial charge in [0.2, 0.25) is 0 Å².